The molecule has 2 heteroatoms. The van der Waals surface area contributed by atoms with Gasteiger partial charge in [0, 0.05) is 12.1 Å². The van der Waals surface area contributed by atoms with Crippen LogP contribution in [0.5, 0.6) is 0 Å². The Hall–Kier alpha value is -0.0800. The number of rotatable bonds is 3. The Balaban J connectivity index is 2.40. The van der Waals surface area contributed by atoms with E-state index in [0.29, 0.717) is 12.0 Å². The van der Waals surface area contributed by atoms with Crippen molar-refractivity contribution in [3.63, 3.8) is 0 Å². The van der Waals surface area contributed by atoms with Crippen molar-refractivity contribution in [3.05, 3.63) is 0 Å². The van der Waals surface area contributed by atoms with Crippen LogP contribution < -0.4 is 5.32 Å². The fourth-order valence-corrected chi connectivity index (χ4v) is 1.90. The van der Waals surface area contributed by atoms with Crippen molar-refractivity contribution in [2.45, 2.75) is 52.0 Å². The first-order valence-corrected chi connectivity index (χ1v) is 5.33. The summed E-state index contributed by atoms with van der Waals surface area (Å²) in [5, 5.41) is 12.9. The highest BCUT2D eigenvalue weighted by atomic mass is 16.3. The molecule has 0 amide bonds. The van der Waals surface area contributed by atoms with E-state index in [0.717, 1.165) is 19.4 Å². The fraction of sp³-hybridized carbons (Fsp3) is 1.00. The maximum atomic E-state index is 9.35. The topological polar surface area (TPSA) is 32.3 Å². The summed E-state index contributed by atoms with van der Waals surface area (Å²) in [5.41, 5.74) is 0.359. The third-order valence-electron chi connectivity index (χ3n) is 2.86. The SMILES string of the molecule is CC(C)(C)CNC1(CO)CCCC1. The van der Waals surface area contributed by atoms with Gasteiger partial charge in [-0.2, -0.15) is 0 Å². The van der Waals surface area contributed by atoms with E-state index in [1.807, 2.05) is 0 Å². The van der Waals surface area contributed by atoms with Gasteiger partial charge in [-0.3, -0.25) is 0 Å². The minimum Gasteiger partial charge on any atom is -0.394 e. The largest absolute Gasteiger partial charge is 0.394 e. The van der Waals surface area contributed by atoms with Crippen molar-refractivity contribution in [1.82, 2.24) is 5.32 Å². The summed E-state index contributed by atoms with van der Waals surface area (Å²) < 4.78 is 0. The molecule has 78 valence electrons. The molecule has 1 aliphatic rings. The Morgan fingerprint density at radius 3 is 2.15 bits per heavy atom. The van der Waals surface area contributed by atoms with E-state index in [4.69, 9.17) is 0 Å². The molecule has 0 aromatic heterocycles. The Bertz CT molecular complexity index is 154. The molecule has 1 saturated carbocycles. The van der Waals surface area contributed by atoms with Crippen LogP contribution in [-0.4, -0.2) is 23.8 Å². The molecule has 0 spiro atoms. The van der Waals surface area contributed by atoms with Crippen LogP contribution in [0, 0.1) is 5.41 Å². The van der Waals surface area contributed by atoms with Gasteiger partial charge in [-0.05, 0) is 18.3 Å². The summed E-state index contributed by atoms with van der Waals surface area (Å²) in [6.45, 7) is 7.96. The molecule has 0 saturated heterocycles. The van der Waals surface area contributed by atoms with Gasteiger partial charge in [0.25, 0.3) is 0 Å². The lowest BCUT2D eigenvalue weighted by Crippen LogP contribution is -2.49. The van der Waals surface area contributed by atoms with Crippen LogP contribution in [0.25, 0.3) is 0 Å². The maximum Gasteiger partial charge on any atom is 0.0613 e. The Morgan fingerprint density at radius 2 is 1.77 bits per heavy atom. The lowest BCUT2D eigenvalue weighted by atomic mass is 9.92. The number of hydrogen-bond acceptors (Lipinski definition) is 2. The van der Waals surface area contributed by atoms with Crippen LogP contribution >= 0.6 is 0 Å². The van der Waals surface area contributed by atoms with E-state index in [1.54, 1.807) is 0 Å². The number of nitrogens with one attached hydrogen (secondary N) is 1. The highest BCUT2D eigenvalue weighted by Crippen LogP contribution is 2.29. The normalized spacial score (nSPS) is 22.2. The van der Waals surface area contributed by atoms with Crippen LogP contribution in [0.2, 0.25) is 0 Å². The van der Waals surface area contributed by atoms with Gasteiger partial charge in [-0.1, -0.05) is 33.6 Å². The third kappa shape index (κ3) is 3.28. The summed E-state index contributed by atoms with van der Waals surface area (Å²) >= 11 is 0. The fourth-order valence-electron chi connectivity index (χ4n) is 1.90. The lowest BCUT2D eigenvalue weighted by Gasteiger charge is -2.32. The van der Waals surface area contributed by atoms with Crippen molar-refractivity contribution >= 4 is 0 Å². The highest BCUT2D eigenvalue weighted by Gasteiger charge is 2.33. The molecule has 0 heterocycles. The molecule has 2 nitrogen and oxygen atoms in total. The Morgan fingerprint density at radius 1 is 1.23 bits per heavy atom. The first-order valence-electron chi connectivity index (χ1n) is 5.33. The summed E-state index contributed by atoms with van der Waals surface area (Å²) in [5.74, 6) is 0. The van der Waals surface area contributed by atoms with Gasteiger partial charge in [0.05, 0.1) is 6.61 Å². The van der Waals surface area contributed by atoms with Crippen LogP contribution in [0.15, 0.2) is 0 Å². The van der Waals surface area contributed by atoms with E-state index < -0.39 is 0 Å². The molecule has 0 atom stereocenters. The predicted molar refractivity (Wildman–Crippen MR) is 55.7 cm³/mol. The summed E-state index contributed by atoms with van der Waals surface area (Å²) in [6.07, 6.45) is 4.80. The lowest BCUT2D eigenvalue weighted by molar-refractivity contribution is 0.151. The molecule has 1 rings (SSSR count). The predicted octanol–water partition coefficient (Wildman–Crippen LogP) is 1.93. The molecule has 1 fully saturated rings. The van der Waals surface area contributed by atoms with Gasteiger partial charge in [-0.15, -0.1) is 0 Å². The molecule has 13 heavy (non-hydrogen) atoms. The summed E-state index contributed by atoms with van der Waals surface area (Å²) in [4.78, 5) is 0. The third-order valence-corrected chi connectivity index (χ3v) is 2.86. The van der Waals surface area contributed by atoms with Gasteiger partial charge < -0.3 is 10.4 Å². The second-order valence-electron chi connectivity index (χ2n) is 5.56. The maximum absolute atomic E-state index is 9.35. The smallest absolute Gasteiger partial charge is 0.0613 e. The molecule has 2 N–H and O–H groups in total. The number of aliphatic hydroxyl groups is 1. The molecule has 0 bridgehead atoms. The van der Waals surface area contributed by atoms with E-state index in [2.05, 4.69) is 26.1 Å². The van der Waals surface area contributed by atoms with Gasteiger partial charge in [0.15, 0.2) is 0 Å². The average Bonchev–Trinajstić information content (AvgIpc) is 2.49. The van der Waals surface area contributed by atoms with Crippen LogP contribution in [0.4, 0.5) is 0 Å². The van der Waals surface area contributed by atoms with Crippen LogP contribution in [-0.2, 0) is 0 Å². The monoisotopic (exact) mass is 185 g/mol. The molecule has 1 aliphatic carbocycles. The van der Waals surface area contributed by atoms with Gasteiger partial charge >= 0.3 is 0 Å². The van der Waals surface area contributed by atoms with E-state index in [-0.39, 0.29) is 5.54 Å². The molecular weight excluding hydrogens is 162 g/mol. The second-order valence-corrected chi connectivity index (χ2v) is 5.56. The van der Waals surface area contributed by atoms with Gasteiger partial charge in [0.1, 0.15) is 0 Å². The van der Waals surface area contributed by atoms with Gasteiger partial charge in [-0.25, -0.2) is 0 Å². The van der Waals surface area contributed by atoms with Crippen molar-refractivity contribution in [1.29, 1.82) is 0 Å². The zero-order valence-corrected chi connectivity index (χ0v) is 9.19. The first kappa shape index (κ1) is 11.0. The number of hydrogen-bond donors (Lipinski definition) is 2. The Labute approximate surface area is 81.7 Å². The van der Waals surface area contributed by atoms with Crippen LogP contribution in [0.3, 0.4) is 0 Å². The quantitative estimate of drug-likeness (QED) is 0.704. The van der Waals surface area contributed by atoms with E-state index in [9.17, 15) is 5.11 Å². The average molecular weight is 185 g/mol. The van der Waals surface area contributed by atoms with Crippen molar-refractivity contribution < 1.29 is 5.11 Å². The molecular formula is C11H23NO. The van der Waals surface area contributed by atoms with E-state index >= 15 is 0 Å². The van der Waals surface area contributed by atoms with Gasteiger partial charge in [0.2, 0.25) is 0 Å². The molecule has 0 radical (unpaired) electrons. The molecule has 0 aromatic rings. The zero-order chi connectivity index (χ0) is 9.95. The molecule has 0 aromatic carbocycles. The minimum absolute atomic E-state index is 0.0489. The standard InChI is InChI=1S/C11H23NO/c1-10(2,3)8-12-11(9-13)6-4-5-7-11/h12-13H,4-9H2,1-3H3. The van der Waals surface area contributed by atoms with Crippen molar-refractivity contribution in [3.8, 4) is 0 Å². The van der Waals surface area contributed by atoms with E-state index in [1.165, 1.54) is 12.8 Å². The second kappa shape index (κ2) is 3.97. The van der Waals surface area contributed by atoms with Crippen LogP contribution in [0.1, 0.15) is 46.5 Å². The summed E-state index contributed by atoms with van der Waals surface area (Å²) in [6, 6.07) is 0. The zero-order valence-electron chi connectivity index (χ0n) is 9.19. The minimum atomic E-state index is 0.0489. The highest BCUT2D eigenvalue weighted by molar-refractivity contribution is 4.92. The number of aliphatic hydroxyl groups excluding tert-OH is 1. The first-order chi connectivity index (χ1) is 5.97. The van der Waals surface area contributed by atoms with Crippen molar-refractivity contribution in [2.24, 2.45) is 5.41 Å². The molecule has 0 unspecified atom stereocenters. The Kier molecular flexibility index (Phi) is 3.36. The molecule has 0 aliphatic heterocycles. The van der Waals surface area contributed by atoms with Crippen molar-refractivity contribution in [2.75, 3.05) is 13.2 Å². The summed E-state index contributed by atoms with van der Waals surface area (Å²) in [7, 11) is 0.